The highest BCUT2D eigenvalue weighted by Gasteiger charge is 2.13. The predicted molar refractivity (Wildman–Crippen MR) is 65.7 cm³/mol. The van der Waals surface area contributed by atoms with E-state index in [0.29, 0.717) is 19.8 Å². The Hall–Kier alpha value is -0.650. The van der Waals surface area contributed by atoms with Crippen LogP contribution in [0.1, 0.15) is 33.1 Å². The summed E-state index contributed by atoms with van der Waals surface area (Å²) in [4.78, 5) is 11.5. The zero-order valence-electron chi connectivity index (χ0n) is 10.8. The first kappa shape index (κ1) is 14.4. The van der Waals surface area contributed by atoms with E-state index in [0.717, 1.165) is 26.0 Å². The van der Waals surface area contributed by atoms with Gasteiger partial charge in [0.05, 0.1) is 12.7 Å². The van der Waals surface area contributed by atoms with E-state index in [1.807, 2.05) is 6.92 Å². The van der Waals surface area contributed by atoms with Gasteiger partial charge in [-0.15, -0.1) is 0 Å². The molecule has 1 rings (SSSR count). The van der Waals surface area contributed by atoms with Gasteiger partial charge < -0.3 is 20.1 Å². The molecule has 0 spiro atoms. The first-order valence-corrected chi connectivity index (χ1v) is 6.41. The molecule has 1 heterocycles. The second kappa shape index (κ2) is 8.44. The van der Waals surface area contributed by atoms with Crippen molar-refractivity contribution in [2.45, 2.75) is 45.3 Å². The van der Waals surface area contributed by atoms with Crippen LogP contribution in [0.4, 0.5) is 0 Å². The molecule has 2 atom stereocenters. The topological polar surface area (TPSA) is 59.6 Å². The van der Waals surface area contributed by atoms with Crippen molar-refractivity contribution in [1.29, 1.82) is 0 Å². The van der Waals surface area contributed by atoms with Crippen molar-refractivity contribution in [3.63, 3.8) is 0 Å². The summed E-state index contributed by atoms with van der Waals surface area (Å²) in [5.74, 6) is 0.111. The van der Waals surface area contributed by atoms with Crippen LogP contribution in [0.15, 0.2) is 0 Å². The van der Waals surface area contributed by atoms with E-state index >= 15 is 0 Å². The summed E-state index contributed by atoms with van der Waals surface area (Å²) in [5, 5.41) is 6.17. The van der Waals surface area contributed by atoms with Crippen LogP contribution in [0.2, 0.25) is 0 Å². The maximum Gasteiger partial charge on any atom is 0.221 e. The molecule has 0 radical (unpaired) electrons. The third-order valence-electron chi connectivity index (χ3n) is 2.89. The fourth-order valence-corrected chi connectivity index (χ4v) is 1.58. The van der Waals surface area contributed by atoms with E-state index in [2.05, 4.69) is 17.6 Å². The SMILES string of the molecule is CCC(C)NC(=O)CCNCC1CCOCO1. The van der Waals surface area contributed by atoms with Crippen molar-refractivity contribution >= 4 is 5.91 Å². The van der Waals surface area contributed by atoms with Crippen molar-refractivity contribution < 1.29 is 14.3 Å². The van der Waals surface area contributed by atoms with Gasteiger partial charge in [-0.1, -0.05) is 6.92 Å². The average Bonchev–Trinajstić information content (AvgIpc) is 2.36. The highest BCUT2D eigenvalue weighted by molar-refractivity contribution is 5.76. The number of ether oxygens (including phenoxy) is 2. The molecule has 1 aliphatic rings. The lowest BCUT2D eigenvalue weighted by atomic mass is 10.2. The molecule has 0 aromatic heterocycles. The van der Waals surface area contributed by atoms with Gasteiger partial charge in [-0.2, -0.15) is 0 Å². The zero-order chi connectivity index (χ0) is 12.5. The average molecular weight is 244 g/mol. The molecule has 1 amide bonds. The number of carbonyl (C=O) groups excluding carboxylic acids is 1. The Morgan fingerprint density at radius 3 is 3.00 bits per heavy atom. The molecule has 5 nitrogen and oxygen atoms in total. The molecule has 0 aromatic carbocycles. The third-order valence-corrected chi connectivity index (χ3v) is 2.89. The number of hydrogen-bond acceptors (Lipinski definition) is 4. The van der Waals surface area contributed by atoms with Crippen LogP contribution in [-0.4, -0.2) is 44.5 Å². The van der Waals surface area contributed by atoms with E-state index in [1.165, 1.54) is 0 Å². The number of amides is 1. The molecule has 0 saturated carbocycles. The number of hydrogen-bond donors (Lipinski definition) is 2. The van der Waals surface area contributed by atoms with Crippen molar-refractivity contribution in [2.75, 3.05) is 26.5 Å². The highest BCUT2D eigenvalue weighted by Crippen LogP contribution is 2.04. The lowest BCUT2D eigenvalue weighted by Crippen LogP contribution is -2.37. The normalized spacial score (nSPS) is 22.1. The molecule has 0 aliphatic carbocycles. The smallest absolute Gasteiger partial charge is 0.221 e. The summed E-state index contributed by atoms with van der Waals surface area (Å²) in [6, 6.07) is 0.265. The molecule has 2 unspecified atom stereocenters. The standard InChI is InChI=1S/C12H24N2O3/c1-3-10(2)14-12(15)4-6-13-8-11-5-7-16-9-17-11/h10-11,13H,3-9H2,1-2H3,(H,14,15). The minimum atomic E-state index is 0.111. The van der Waals surface area contributed by atoms with Gasteiger partial charge in [0, 0.05) is 25.6 Å². The van der Waals surface area contributed by atoms with Crippen LogP contribution < -0.4 is 10.6 Å². The Morgan fingerprint density at radius 2 is 2.35 bits per heavy atom. The zero-order valence-corrected chi connectivity index (χ0v) is 10.8. The second-order valence-corrected chi connectivity index (χ2v) is 4.43. The van der Waals surface area contributed by atoms with Gasteiger partial charge in [0.1, 0.15) is 6.79 Å². The molecule has 17 heavy (non-hydrogen) atoms. The van der Waals surface area contributed by atoms with Crippen molar-refractivity contribution in [2.24, 2.45) is 0 Å². The first-order valence-electron chi connectivity index (χ1n) is 6.41. The Kier molecular flexibility index (Phi) is 7.16. The largest absolute Gasteiger partial charge is 0.355 e. The van der Waals surface area contributed by atoms with E-state index in [4.69, 9.17) is 9.47 Å². The van der Waals surface area contributed by atoms with Crippen molar-refractivity contribution in [3.05, 3.63) is 0 Å². The number of rotatable bonds is 7. The minimum absolute atomic E-state index is 0.111. The fourth-order valence-electron chi connectivity index (χ4n) is 1.58. The Balaban J connectivity index is 1.97. The molecule has 0 aromatic rings. The molecule has 1 fully saturated rings. The van der Waals surface area contributed by atoms with Gasteiger partial charge >= 0.3 is 0 Å². The second-order valence-electron chi connectivity index (χ2n) is 4.43. The van der Waals surface area contributed by atoms with Crippen LogP contribution in [0.25, 0.3) is 0 Å². The lowest BCUT2D eigenvalue weighted by molar-refractivity contribution is -0.137. The highest BCUT2D eigenvalue weighted by atomic mass is 16.7. The Morgan fingerprint density at radius 1 is 1.53 bits per heavy atom. The summed E-state index contributed by atoms with van der Waals surface area (Å²) in [6.07, 6.45) is 2.63. The van der Waals surface area contributed by atoms with Gasteiger partial charge in [-0.05, 0) is 19.8 Å². The van der Waals surface area contributed by atoms with Crippen LogP contribution >= 0.6 is 0 Å². The summed E-state index contributed by atoms with van der Waals surface area (Å²) in [7, 11) is 0. The van der Waals surface area contributed by atoms with Gasteiger partial charge in [0.15, 0.2) is 0 Å². The summed E-state index contributed by atoms with van der Waals surface area (Å²) in [6.45, 7) is 6.72. The Bertz CT molecular complexity index is 218. The molecule has 2 N–H and O–H groups in total. The maximum atomic E-state index is 11.5. The van der Waals surface area contributed by atoms with E-state index in [1.54, 1.807) is 0 Å². The predicted octanol–water partition coefficient (Wildman–Crippen LogP) is 0.644. The van der Waals surface area contributed by atoms with Crippen molar-refractivity contribution in [1.82, 2.24) is 10.6 Å². The lowest BCUT2D eigenvalue weighted by Gasteiger charge is -2.23. The van der Waals surface area contributed by atoms with Crippen LogP contribution in [-0.2, 0) is 14.3 Å². The number of carbonyl (C=O) groups is 1. The Labute approximate surface area is 103 Å². The minimum Gasteiger partial charge on any atom is -0.355 e. The van der Waals surface area contributed by atoms with E-state index in [-0.39, 0.29) is 18.1 Å². The van der Waals surface area contributed by atoms with Gasteiger partial charge in [-0.25, -0.2) is 0 Å². The molecule has 100 valence electrons. The van der Waals surface area contributed by atoms with Crippen LogP contribution in [0.3, 0.4) is 0 Å². The molecule has 5 heteroatoms. The molecule has 0 bridgehead atoms. The van der Waals surface area contributed by atoms with Gasteiger partial charge in [0.2, 0.25) is 5.91 Å². The third kappa shape index (κ3) is 6.61. The maximum absolute atomic E-state index is 11.5. The summed E-state index contributed by atoms with van der Waals surface area (Å²) in [5.41, 5.74) is 0. The number of nitrogens with one attached hydrogen (secondary N) is 2. The van der Waals surface area contributed by atoms with E-state index in [9.17, 15) is 4.79 Å². The summed E-state index contributed by atoms with van der Waals surface area (Å²) < 4.78 is 10.5. The van der Waals surface area contributed by atoms with Crippen LogP contribution in [0, 0.1) is 0 Å². The monoisotopic (exact) mass is 244 g/mol. The molecule has 1 aliphatic heterocycles. The van der Waals surface area contributed by atoms with Gasteiger partial charge in [-0.3, -0.25) is 4.79 Å². The van der Waals surface area contributed by atoms with Crippen molar-refractivity contribution in [3.8, 4) is 0 Å². The molecule has 1 saturated heterocycles. The first-order chi connectivity index (χ1) is 8.22. The summed E-state index contributed by atoms with van der Waals surface area (Å²) >= 11 is 0. The molecular weight excluding hydrogens is 220 g/mol. The van der Waals surface area contributed by atoms with E-state index < -0.39 is 0 Å². The van der Waals surface area contributed by atoms with Gasteiger partial charge in [0.25, 0.3) is 0 Å². The quantitative estimate of drug-likeness (QED) is 0.645. The molecular formula is C12H24N2O3. The fraction of sp³-hybridized carbons (Fsp3) is 0.917. The van der Waals surface area contributed by atoms with Crippen LogP contribution in [0.5, 0.6) is 0 Å².